The summed E-state index contributed by atoms with van der Waals surface area (Å²) in [6.07, 6.45) is 10.6. The molecule has 0 bridgehead atoms. The number of benzene rings is 1. The largest absolute Gasteiger partial charge is 0.497 e. The zero-order valence-corrected chi connectivity index (χ0v) is 19.5. The van der Waals surface area contributed by atoms with E-state index in [0.29, 0.717) is 12.1 Å². The molecule has 2 aliphatic rings. The van der Waals surface area contributed by atoms with E-state index in [4.69, 9.17) is 9.73 Å². The van der Waals surface area contributed by atoms with Gasteiger partial charge in [-0.1, -0.05) is 30.7 Å². The maximum absolute atomic E-state index is 5.33. The van der Waals surface area contributed by atoms with Gasteiger partial charge in [-0.05, 0) is 63.4 Å². The fourth-order valence-corrected chi connectivity index (χ4v) is 3.91. The lowest BCUT2D eigenvalue weighted by atomic mass is 10.0. The van der Waals surface area contributed by atoms with Gasteiger partial charge in [0.2, 0.25) is 0 Å². The maximum atomic E-state index is 5.33. The highest BCUT2D eigenvalue weighted by Gasteiger charge is 2.22. The smallest absolute Gasteiger partial charge is 0.191 e. The SMILES string of the molecule is CCNC(=NCC(c1ccc(OC)cc1)N1CCCCC1)NC1CC=CC1.I. The molecule has 1 fully saturated rings. The molecule has 1 aliphatic heterocycles. The quantitative estimate of drug-likeness (QED) is 0.257. The number of hydrogen-bond donors (Lipinski definition) is 2. The van der Waals surface area contributed by atoms with Gasteiger partial charge in [-0.25, -0.2) is 0 Å². The van der Waals surface area contributed by atoms with E-state index in [1.54, 1.807) is 7.11 Å². The van der Waals surface area contributed by atoms with Crippen molar-refractivity contribution in [1.29, 1.82) is 0 Å². The van der Waals surface area contributed by atoms with Crippen molar-refractivity contribution < 1.29 is 4.74 Å². The summed E-state index contributed by atoms with van der Waals surface area (Å²) < 4.78 is 5.33. The highest BCUT2D eigenvalue weighted by Crippen LogP contribution is 2.26. The molecule has 6 heteroatoms. The second-order valence-corrected chi connectivity index (χ2v) is 7.39. The number of likely N-dealkylation sites (tertiary alicyclic amines) is 1. The minimum Gasteiger partial charge on any atom is -0.497 e. The molecule has 0 aromatic heterocycles. The molecule has 1 aromatic carbocycles. The van der Waals surface area contributed by atoms with E-state index in [0.717, 1.165) is 50.7 Å². The monoisotopic (exact) mass is 498 g/mol. The van der Waals surface area contributed by atoms with Crippen molar-refractivity contribution in [2.45, 2.75) is 51.1 Å². The molecule has 0 spiro atoms. The Labute approximate surface area is 187 Å². The molecule has 2 N–H and O–H groups in total. The first kappa shape index (κ1) is 23.0. The second-order valence-electron chi connectivity index (χ2n) is 7.39. The normalized spacial score (nSPS) is 19.1. The van der Waals surface area contributed by atoms with Gasteiger partial charge in [-0.2, -0.15) is 0 Å². The van der Waals surface area contributed by atoms with E-state index < -0.39 is 0 Å². The molecule has 1 saturated heterocycles. The predicted molar refractivity (Wildman–Crippen MR) is 128 cm³/mol. The Morgan fingerprint density at radius 1 is 1.14 bits per heavy atom. The van der Waals surface area contributed by atoms with E-state index >= 15 is 0 Å². The number of aliphatic imine (C=N–C) groups is 1. The summed E-state index contributed by atoms with van der Waals surface area (Å²) in [5, 5.41) is 6.99. The van der Waals surface area contributed by atoms with Gasteiger partial charge in [0.05, 0.1) is 19.7 Å². The van der Waals surface area contributed by atoms with Crippen LogP contribution in [0.1, 0.15) is 50.6 Å². The summed E-state index contributed by atoms with van der Waals surface area (Å²) in [5.74, 6) is 1.84. The van der Waals surface area contributed by atoms with Gasteiger partial charge in [0.1, 0.15) is 5.75 Å². The summed E-state index contributed by atoms with van der Waals surface area (Å²) >= 11 is 0. The lowest BCUT2D eigenvalue weighted by molar-refractivity contribution is 0.167. The fourth-order valence-electron chi connectivity index (χ4n) is 3.91. The molecule has 1 unspecified atom stereocenters. The van der Waals surface area contributed by atoms with Crippen LogP contribution in [0, 0.1) is 0 Å². The van der Waals surface area contributed by atoms with E-state index in [-0.39, 0.29) is 24.0 Å². The fraction of sp³-hybridized carbons (Fsp3) is 0.591. The number of piperidine rings is 1. The first-order chi connectivity index (χ1) is 13.3. The van der Waals surface area contributed by atoms with Crippen molar-refractivity contribution in [2.75, 3.05) is 33.3 Å². The number of ether oxygens (including phenoxy) is 1. The third-order valence-corrected chi connectivity index (χ3v) is 5.45. The van der Waals surface area contributed by atoms with Crippen molar-refractivity contribution in [1.82, 2.24) is 15.5 Å². The van der Waals surface area contributed by atoms with Crippen molar-refractivity contribution in [3.05, 3.63) is 42.0 Å². The predicted octanol–water partition coefficient (Wildman–Crippen LogP) is 4.11. The maximum Gasteiger partial charge on any atom is 0.191 e. The summed E-state index contributed by atoms with van der Waals surface area (Å²) in [5.41, 5.74) is 1.32. The van der Waals surface area contributed by atoms with Gasteiger partial charge in [-0.3, -0.25) is 9.89 Å². The Balaban J connectivity index is 0.00000280. The molecule has 0 amide bonds. The number of hydrogen-bond acceptors (Lipinski definition) is 3. The van der Waals surface area contributed by atoms with Crippen LogP contribution >= 0.6 is 24.0 Å². The van der Waals surface area contributed by atoms with Crippen LogP contribution in [0.5, 0.6) is 5.75 Å². The lowest BCUT2D eigenvalue weighted by Gasteiger charge is -2.34. The standard InChI is InChI=1S/C22H34N4O.HI/c1-3-23-22(25-19-9-5-6-10-19)24-17-21(26-15-7-4-8-16-26)18-11-13-20(27-2)14-12-18;/h5-6,11-14,19,21H,3-4,7-10,15-17H2,1-2H3,(H2,23,24,25);1H. The molecule has 1 heterocycles. The Hall–Kier alpha value is -1.28. The van der Waals surface area contributed by atoms with Crippen LogP contribution in [0.2, 0.25) is 0 Å². The first-order valence-corrected chi connectivity index (χ1v) is 10.4. The molecule has 1 aromatic rings. The number of rotatable bonds is 7. The number of nitrogens with one attached hydrogen (secondary N) is 2. The molecule has 5 nitrogen and oxygen atoms in total. The summed E-state index contributed by atoms with van der Waals surface area (Å²) in [6.45, 7) is 6.08. The Kier molecular flexibility index (Phi) is 10.1. The van der Waals surface area contributed by atoms with Gasteiger partial charge in [-0.15, -0.1) is 24.0 Å². The lowest BCUT2D eigenvalue weighted by Crippen LogP contribution is -2.43. The van der Waals surface area contributed by atoms with Gasteiger partial charge < -0.3 is 15.4 Å². The zero-order chi connectivity index (χ0) is 18.9. The highest BCUT2D eigenvalue weighted by molar-refractivity contribution is 14.0. The van der Waals surface area contributed by atoms with Gasteiger partial charge >= 0.3 is 0 Å². The van der Waals surface area contributed by atoms with E-state index in [2.05, 4.69) is 58.9 Å². The van der Waals surface area contributed by atoms with Gasteiger partial charge in [0, 0.05) is 12.6 Å². The van der Waals surface area contributed by atoms with E-state index in [1.807, 2.05) is 0 Å². The molecule has 0 radical (unpaired) electrons. The Morgan fingerprint density at radius 3 is 2.43 bits per heavy atom. The highest BCUT2D eigenvalue weighted by atomic mass is 127. The Morgan fingerprint density at radius 2 is 1.82 bits per heavy atom. The molecule has 3 rings (SSSR count). The zero-order valence-electron chi connectivity index (χ0n) is 17.2. The summed E-state index contributed by atoms with van der Waals surface area (Å²) in [6, 6.07) is 9.28. The number of nitrogens with zero attached hydrogens (tertiary/aromatic N) is 2. The van der Waals surface area contributed by atoms with Crippen molar-refractivity contribution in [2.24, 2.45) is 4.99 Å². The summed E-state index contributed by atoms with van der Waals surface area (Å²) in [7, 11) is 1.72. The molecular formula is C22H35IN4O. The van der Waals surface area contributed by atoms with Crippen molar-refractivity contribution >= 4 is 29.9 Å². The van der Waals surface area contributed by atoms with Crippen LogP contribution in [0.15, 0.2) is 41.4 Å². The van der Waals surface area contributed by atoms with Crippen molar-refractivity contribution in [3.8, 4) is 5.75 Å². The van der Waals surface area contributed by atoms with Crippen LogP contribution in [-0.2, 0) is 0 Å². The van der Waals surface area contributed by atoms with Crippen LogP contribution in [-0.4, -0.2) is 50.2 Å². The minimum absolute atomic E-state index is 0. The average Bonchev–Trinajstić information content (AvgIpc) is 3.22. The van der Waals surface area contributed by atoms with Crippen molar-refractivity contribution in [3.63, 3.8) is 0 Å². The third kappa shape index (κ3) is 6.65. The average molecular weight is 498 g/mol. The molecular weight excluding hydrogens is 463 g/mol. The molecule has 1 aliphatic carbocycles. The molecule has 156 valence electrons. The van der Waals surface area contributed by atoms with E-state index in [1.165, 1.54) is 24.8 Å². The van der Waals surface area contributed by atoms with Gasteiger partial charge in [0.25, 0.3) is 0 Å². The Bertz CT molecular complexity index is 618. The minimum atomic E-state index is 0. The number of halogens is 1. The van der Waals surface area contributed by atoms with Gasteiger partial charge in [0.15, 0.2) is 5.96 Å². The van der Waals surface area contributed by atoms with Crippen LogP contribution in [0.3, 0.4) is 0 Å². The first-order valence-electron chi connectivity index (χ1n) is 10.4. The van der Waals surface area contributed by atoms with Crippen LogP contribution in [0.25, 0.3) is 0 Å². The number of guanidine groups is 1. The second kappa shape index (κ2) is 12.3. The van der Waals surface area contributed by atoms with Crippen LogP contribution < -0.4 is 15.4 Å². The number of methoxy groups -OCH3 is 1. The van der Waals surface area contributed by atoms with E-state index in [9.17, 15) is 0 Å². The van der Waals surface area contributed by atoms with Crippen LogP contribution in [0.4, 0.5) is 0 Å². The summed E-state index contributed by atoms with van der Waals surface area (Å²) in [4.78, 5) is 7.56. The topological polar surface area (TPSA) is 48.9 Å². The molecule has 0 saturated carbocycles. The molecule has 1 atom stereocenters. The molecule has 28 heavy (non-hydrogen) atoms. The third-order valence-electron chi connectivity index (χ3n) is 5.45.